The van der Waals surface area contributed by atoms with Crippen LogP contribution in [0.15, 0.2) is 11.1 Å². The Hall–Kier alpha value is -1.45. The molecule has 2 rings (SSSR count). The molecule has 1 aliphatic rings. The SMILES string of the molecule is Cc1[nH]ncc1S(=O)(=O)N1CC(O)CC1C(N)=O. The van der Waals surface area contributed by atoms with Crippen LogP contribution < -0.4 is 5.73 Å². The number of H-pyrrole nitrogens is 1. The third-order valence-corrected chi connectivity index (χ3v) is 4.92. The van der Waals surface area contributed by atoms with E-state index in [1.165, 1.54) is 6.20 Å². The van der Waals surface area contributed by atoms with Gasteiger partial charge in [0.25, 0.3) is 0 Å². The van der Waals surface area contributed by atoms with E-state index < -0.39 is 28.1 Å². The van der Waals surface area contributed by atoms with Gasteiger partial charge in [0.15, 0.2) is 0 Å². The summed E-state index contributed by atoms with van der Waals surface area (Å²) >= 11 is 0. The maximum atomic E-state index is 12.3. The van der Waals surface area contributed by atoms with Crippen LogP contribution >= 0.6 is 0 Å². The first kappa shape index (κ1) is 13.0. The van der Waals surface area contributed by atoms with Crippen molar-refractivity contribution in [1.82, 2.24) is 14.5 Å². The molecular weight excluding hydrogens is 260 g/mol. The summed E-state index contributed by atoms with van der Waals surface area (Å²) in [6.45, 7) is 1.42. The lowest BCUT2D eigenvalue weighted by Crippen LogP contribution is -2.43. The van der Waals surface area contributed by atoms with E-state index in [2.05, 4.69) is 10.2 Å². The van der Waals surface area contributed by atoms with Crippen molar-refractivity contribution in [2.45, 2.75) is 30.4 Å². The van der Waals surface area contributed by atoms with Gasteiger partial charge in [0.1, 0.15) is 10.9 Å². The largest absolute Gasteiger partial charge is 0.392 e. The maximum absolute atomic E-state index is 12.3. The fraction of sp³-hybridized carbons (Fsp3) is 0.556. The summed E-state index contributed by atoms with van der Waals surface area (Å²) in [5.74, 6) is -0.767. The van der Waals surface area contributed by atoms with Crippen molar-refractivity contribution in [2.75, 3.05) is 6.54 Å². The zero-order valence-electron chi connectivity index (χ0n) is 9.70. The number of carbonyl (C=O) groups is 1. The normalized spacial score (nSPS) is 25.4. The lowest BCUT2D eigenvalue weighted by molar-refractivity contribution is -0.121. The van der Waals surface area contributed by atoms with Gasteiger partial charge in [-0.2, -0.15) is 9.40 Å². The molecule has 1 fully saturated rings. The average Bonchev–Trinajstić information content (AvgIpc) is 2.84. The van der Waals surface area contributed by atoms with E-state index >= 15 is 0 Å². The van der Waals surface area contributed by atoms with Crippen molar-refractivity contribution >= 4 is 15.9 Å². The molecule has 18 heavy (non-hydrogen) atoms. The van der Waals surface area contributed by atoms with Crippen molar-refractivity contribution in [3.8, 4) is 0 Å². The average molecular weight is 274 g/mol. The van der Waals surface area contributed by atoms with Crippen molar-refractivity contribution in [3.63, 3.8) is 0 Å². The molecule has 1 aromatic rings. The molecule has 0 aromatic carbocycles. The molecule has 0 saturated carbocycles. The number of hydrogen-bond donors (Lipinski definition) is 3. The van der Waals surface area contributed by atoms with Crippen LogP contribution in [0.4, 0.5) is 0 Å². The molecular formula is C9H14N4O4S. The number of primary amides is 1. The number of nitrogens with one attached hydrogen (secondary N) is 1. The zero-order chi connectivity index (χ0) is 13.5. The minimum Gasteiger partial charge on any atom is -0.392 e. The van der Waals surface area contributed by atoms with Crippen molar-refractivity contribution in [2.24, 2.45) is 5.73 Å². The first-order valence-corrected chi connectivity index (χ1v) is 6.77. The highest BCUT2D eigenvalue weighted by Gasteiger charge is 2.43. The van der Waals surface area contributed by atoms with Gasteiger partial charge in [0, 0.05) is 13.0 Å². The van der Waals surface area contributed by atoms with Crippen LogP contribution in [-0.2, 0) is 14.8 Å². The van der Waals surface area contributed by atoms with Gasteiger partial charge in [-0.25, -0.2) is 8.42 Å². The summed E-state index contributed by atoms with van der Waals surface area (Å²) in [5.41, 5.74) is 5.53. The number of rotatable bonds is 3. The summed E-state index contributed by atoms with van der Waals surface area (Å²) in [4.78, 5) is 11.2. The van der Waals surface area contributed by atoms with Gasteiger partial charge >= 0.3 is 0 Å². The number of carbonyl (C=O) groups excluding carboxylic acids is 1. The number of nitrogens with two attached hydrogens (primary N) is 1. The van der Waals surface area contributed by atoms with Gasteiger partial charge < -0.3 is 10.8 Å². The van der Waals surface area contributed by atoms with Gasteiger partial charge in [-0.15, -0.1) is 0 Å². The summed E-state index contributed by atoms with van der Waals surface area (Å²) in [6.07, 6.45) is 0.309. The van der Waals surface area contributed by atoms with Gasteiger partial charge in [0.2, 0.25) is 15.9 Å². The van der Waals surface area contributed by atoms with E-state index in [9.17, 15) is 18.3 Å². The molecule has 2 heterocycles. The zero-order valence-corrected chi connectivity index (χ0v) is 10.5. The monoisotopic (exact) mass is 274 g/mol. The molecule has 0 aliphatic carbocycles. The van der Waals surface area contributed by atoms with E-state index in [0.717, 1.165) is 4.31 Å². The minimum atomic E-state index is -3.87. The molecule has 0 spiro atoms. The Bertz CT molecular complexity index is 567. The first-order chi connectivity index (χ1) is 8.34. The van der Waals surface area contributed by atoms with E-state index in [1.54, 1.807) is 6.92 Å². The molecule has 0 radical (unpaired) electrons. The van der Waals surface area contributed by atoms with Crippen molar-refractivity contribution in [3.05, 3.63) is 11.9 Å². The summed E-state index contributed by atoms with van der Waals surface area (Å²) in [7, 11) is -3.87. The number of aromatic amines is 1. The van der Waals surface area contributed by atoms with Crippen LogP contribution in [0, 0.1) is 6.92 Å². The molecule has 2 atom stereocenters. The molecule has 1 saturated heterocycles. The third kappa shape index (κ3) is 2.00. The molecule has 1 aromatic heterocycles. The van der Waals surface area contributed by atoms with Gasteiger partial charge in [-0.05, 0) is 6.92 Å². The lowest BCUT2D eigenvalue weighted by Gasteiger charge is -2.20. The number of hydrogen-bond acceptors (Lipinski definition) is 5. The van der Waals surface area contributed by atoms with E-state index in [1.807, 2.05) is 0 Å². The minimum absolute atomic E-state index is 0.0112. The van der Waals surface area contributed by atoms with Crippen LogP contribution in [0.2, 0.25) is 0 Å². The number of aryl methyl sites for hydroxylation is 1. The summed E-state index contributed by atoms with van der Waals surface area (Å²) in [6, 6.07) is -1.01. The fourth-order valence-electron chi connectivity index (χ4n) is 2.03. The number of sulfonamides is 1. The van der Waals surface area contributed by atoms with Gasteiger partial charge in [-0.1, -0.05) is 0 Å². The highest BCUT2D eigenvalue weighted by molar-refractivity contribution is 7.89. The second-order valence-corrected chi connectivity index (χ2v) is 6.10. The molecule has 1 amide bonds. The predicted octanol–water partition coefficient (Wildman–Crippen LogP) is -1.67. The Labute approximate surface area is 104 Å². The van der Waals surface area contributed by atoms with Crippen molar-refractivity contribution < 1.29 is 18.3 Å². The topological polar surface area (TPSA) is 129 Å². The number of aliphatic hydroxyl groups is 1. The van der Waals surface area contributed by atoms with E-state index in [-0.39, 0.29) is 17.9 Å². The van der Waals surface area contributed by atoms with E-state index in [0.29, 0.717) is 5.69 Å². The Kier molecular flexibility index (Phi) is 3.13. The molecule has 100 valence electrons. The highest BCUT2D eigenvalue weighted by Crippen LogP contribution is 2.27. The number of nitrogens with zero attached hydrogens (tertiary/aromatic N) is 2. The molecule has 8 nitrogen and oxygen atoms in total. The maximum Gasteiger partial charge on any atom is 0.247 e. The molecule has 1 aliphatic heterocycles. The van der Waals surface area contributed by atoms with Crippen LogP contribution in [0.25, 0.3) is 0 Å². The first-order valence-electron chi connectivity index (χ1n) is 5.33. The molecule has 9 heteroatoms. The number of β-amino-alcohol motifs (C(OH)–C–C–N with tert-alkyl or cyclic N) is 1. The number of aromatic nitrogens is 2. The Morgan fingerprint density at radius 2 is 2.33 bits per heavy atom. The molecule has 4 N–H and O–H groups in total. The quantitative estimate of drug-likeness (QED) is 0.606. The van der Waals surface area contributed by atoms with Crippen LogP contribution in [0.5, 0.6) is 0 Å². The number of aliphatic hydroxyl groups excluding tert-OH is 1. The lowest BCUT2D eigenvalue weighted by atomic mass is 10.2. The fourth-order valence-corrected chi connectivity index (χ4v) is 3.80. The Balaban J connectivity index is 2.41. The van der Waals surface area contributed by atoms with Crippen LogP contribution in [-0.4, -0.2) is 52.6 Å². The van der Waals surface area contributed by atoms with Gasteiger partial charge in [-0.3, -0.25) is 9.89 Å². The standard InChI is InChI=1S/C9H14N4O4S/c1-5-8(3-11-12-5)18(16,17)13-4-6(14)2-7(13)9(10)15/h3,6-7,14H,2,4H2,1H3,(H2,10,15)(H,11,12). The summed E-state index contributed by atoms with van der Waals surface area (Å²) < 4.78 is 25.6. The number of amides is 1. The van der Waals surface area contributed by atoms with Crippen molar-refractivity contribution in [1.29, 1.82) is 0 Å². The summed E-state index contributed by atoms with van der Waals surface area (Å²) in [5, 5.41) is 15.7. The second kappa shape index (κ2) is 4.34. The molecule has 0 bridgehead atoms. The third-order valence-electron chi connectivity index (χ3n) is 2.93. The Morgan fingerprint density at radius 1 is 1.67 bits per heavy atom. The van der Waals surface area contributed by atoms with Crippen LogP contribution in [0.1, 0.15) is 12.1 Å². The van der Waals surface area contributed by atoms with E-state index in [4.69, 9.17) is 5.73 Å². The second-order valence-electron chi connectivity index (χ2n) is 4.24. The van der Waals surface area contributed by atoms with Gasteiger partial charge in [0.05, 0.1) is 18.0 Å². The smallest absolute Gasteiger partial charge is 0.247 e. The van der Waals surface area contributed by atoms with Crippen LogP contribution in [0.3, 0.4) is 0 Å². The highest BCUT2D eigenvalue weighted by atomic mass is 32.2. The Morgan fingerprint density at radius 3 is 2.83 bits per heavy atom. The predicted molar refractivity (Wildman–Crippen MR) is 60.8 cm³/mol. The molecule has 2 unspecified atom stereocenters.